The molecule has 3 nitrogen and oxygen atoms in total. The molecule has 0 amide bonds. The molecule has 0 fully saturated rings. The molecule has 0 aliphatic heterocycles. The summed E-state index contributed by atoms with van der Waals surface area (Å²) in [5.74, 6) is -0.117. The van der Waals surface area contributed by atoms with E-state index >= 15 is 0 Å². The van der Waals surface area contributed by atoms with Gasteiger partial charge in [0, 0.05) is 23.7 Å². The third kappa shape index (κ3) is 14.3. The molecule has 102 valence electrons. The van der Waals surface area contributed by atoms with Crippen molar-refractivity contribution in [3.63, 3.8) is 0 Å². The van der Waals surface area contributed by atoms with Crippen LogP contribution in [-0.2, 0) is 14.3 Å². The molecule has 0 unspecified atom stereocenters. The number of esters is 1. The highest BCUT2D eigenvalue weighted by Gasteiger charge is 2.01. The van der Waals surface area contributed by atoms with Gasteiger partial charge in [-0.05, 0) is 25.7 Å². The van der Waals surface area contributed by atoms with E-state index in [1.54, 1.807) is 0 Å². The number of rotatable bonds is 12. The van der Waals surface area contributed by atoms with Crippen molar-refractivity contribution in [3.05, 3.63) is 0 Å². The summed E-state index contributed by atoms with van der Waals surface area (Å²) in [5.41, 5.74) is 0. The topological polar surface area (TPSA) is 35.5 Å². The lowest BCUT2D eigenvalue weighted by Gasteiger charge is -2.05. The van der Waals surface area contributed by atoms with E-state index < -0.39 is 0 Å². The van der Waals surface area contributed by atoms with E-state index in [0.29, 0.717) is 19.6 Å². The van der Waals surface area contributed by atoms with Crippen LogP contribution < -0.4 is 0 Å². The Morgan fingerprint density at radius 1 is 0.824 bits per heavy atom. The van der Waals surface area contributed by atoms with Crippen molar-refractivity contribution in [1.29, 1.82) is 0 Å². The molecule has 0 aliphatic carbocycles. The molecule has 0 spiro atoms. The van der Waals surface area contributed by atoms with Crippen LogP contribution in [0.5, 0.6) is 0 Å². The van der Waals surface area contributed by atoms with Gasteiger partial charge in [0.05, 0.1) is 6.61 Å². The first-order valence-electron chi connectivity index (χ1n) is 6.16. The minimum absolute atomic E-state index is 0.117. The van der Waals surface area contributed by atoms with Crippen LogP contribution in [0.4, 0.5) is 0 Å². The molecule has 0 heterocycles. The fourth-order valence-electron chi connectivity index (χ4n) is 1.23. The molecule has 0 N–H and O–H groups in total. The van der Waals surface area contributed by atoms with Gasteiger partial charge in [-0.15, -0.1) is 0 Å². The molecule has 0 rings (SSSR count). The molecule has 0 radical (unpaired) electrons. The maximum absolute atomic E-state index is 11.2. The molecule has 0 saturated heterocycles. The number of hydrogen-bond donors (Lipinski definition) is 0. The van der Waals surface area contributed by atoms with Crippen LogP contribution >= 0.6 is 31.9 Å². The van der Waals surface area contributed by atoms with Gasteiger partial charge in [-0.3, -0.25) is 4.79 Å². The summed E-state index contributed by atoms with van der Waals surface area (Å²) >= 11 is 6.71. The van der Waals surface area contributed by atoms with Gasteiger partial charge in [0.1, 0.15) is 6.61 Å². The first-order valence-corrected chi connectivity index (χ1v) is 8.41. The van der Waals surface area contributed by atoms with Gasteiger partial charge >= 0.3 is 5.97 Å². The molecule has 17 heavy (non-hydrogen) atoms. The molecule has 0 bridgehead atoms. The van der Waals surface area contributed by atoms with Gasteiger partial charge in [0.25, 0.3) is 0 Å². The van der Waals surface area contributed by atoms with E-state index in [2.05, 4.69) is 31.9 Å². The molecular weight excluding hydrogens is 352 g/mol. The summed E-state index contributed by atoms with van der Waals surface area (Å²) in [6.07, 6.45) is 5.85. The smallest absolute Gasteiger partial charge is 0.305 e. The average molecular weight is 374 g/mol. The normalized spacial score (nSPS) is 10.5. The van der Waals surface area contributed by atoms with Crippen molar-refractivity contribution in [2.75, 3.05) is 30.5 Å². The molecule has 0 aliphatic rings. The van der Waals surface area contributed by atoms with Crippen LogP contribution in [0.1, 0.15) is 38.5 Å². The highest BCUT2D eigenvalue weighted by molar-refractivity contribution is 9.09. The third-order valence-corrected chi connectivity index (χ3v) is 3.30. The summed E-state index contributed by atoms with van der Waals surface area (Å²) < 4.78 is 10.4. The lowest BCUT2D eigenvalue weighted by atomic mass is 10.2. The van der Waals surface area contributed by atoms with Crippen molar-refractivity contribution in [1.82, 2.24) is 0 Å². The van der Waals surface area contributed by atoms with Gasteiger partial charge in [-0.2, -0.15) is 0 Å². The fourth-order valence-corrected chi connectivity index (χ4v) is 2.02. The van der Waals surface area contributed by atoms with E-state index in [1.165, 1.54) is 12.8 Å². The van der Waals surface area contributed by atoms with Gasteiger partial charge < -0.3 is 9.47 Å². The van der Waals surface area contributed by atoms with E-state index in [0.717, 1.165) is 36.5 Å². The molecule has 0 atom stereocenters. The van der Waals surface area contributed by atoms with Crippen LogP contribution in [0.2, 0.25) is 0 Å². The highest BCUT2D eigenvalue weighted by Crippen LogP contribution is 2.01. The van der Waals surface area contributed by atoms with Crippen molar-refractivity contribution >= 4 is 37.8 Å². The Balaban J connectivity index is 3.08. The standard InChI is InChI=1S/C12H22Br2O3/c13-7-3-1-5-9-16-10-11-17-12(15)6-2-4-8-14/h1-11H2. The quantitative estimate of drug-likeness (QED) is 0.297. The minimum atomic E-state index is -0.117. The van der Waals surface area contributed by atoms with Crippen molar-refractivity contribution in [2.45, 2.75) is 38.5 Å². The lowest BCUT2D eigenvalue weighted by Crippen LogP contribution is -2.11. The average Bonchev–Trinajstić information content (AvgIpc) is 2.33. The molecule has 0 aromatic carbocycles. The predicted octanol–water partition coefficient (Wildman–Crippen LogP) is 3.68. The SMILES string of the molecule is O=C(CCCCBr)OCCOCCCCCBr. The predicted molar refractivity (Wildman–Crippen MR) is 77.1 cm³/mol. The molecule has 0 aromatic rings. The maximum atomic E-state index is 11.2. The largest absolute Gasteiger partial charge is 0.463 e. The monoisotopic (exact) mass is 372 g/mol. The summed E-state index contributed by atoms with van der Waals surface area (Å²) in [7, 11) is 0. The van der Waals surface area contributed by atoms with E-state index in [-0.39, 0.29) is 5.97 Å². The first kappa shape index (κ1) is 17.4. The summed E-state index contributed by atoms with van der Waals surface area (Å²) in [6, 6.07) is 0. The molecule has 0 saturated carbocycles. The summed E-state index contributed by atoms with van der Waals surface area (Å²) in [4.78, 5) is 11.2. The Morgan fingerprint density at radius 2 is 1.53 bits per heavy atom. The Hall–Kier alpha value is 0.390. The third-order valence-electron chi connectivity index (χ3n) is 2.18. The number of hydrogen-bond acceptors (Lipinski definition) is 3. The minimum Gasteiger partial charge on any atom is -0.463 e. The van der Waals surface area contributed by atoms with E-state index in [4.69, 9.17) is 9.47 Å². The number of carbonyl (C=O) groups excluding carboxylic acids is 1. The molecule has 0 aromatic heterocycles. The van der Waals surface area contributed by atoms with Crippen LogP contribution in [-0.4, -0.2) is 36.5 Å². The van der Waals surface area contributed by atoms with Crippen molar-refractivity contribution < 1.29 is 14.3 Å². The maximum Gasteiger partial charge on any atom is 0.305 e. The Kier molecular flexibility index (Phi) is 14.8. The zero-order chi connectivity index (χ0) is 12.8. The van der Waals surface area contributed by atoms with Gasteiger partial charge in [-0.1, -0.05) is 38.3 Å². The Bertz CT molecular complexity index is 177. The molecule has 5 heteroatoms. The second-order valence-electron chi connectivity index (χ2n) is 3.73. The Morgan fingerprint density at radius 3 is 2.24 bits per heavy atom. The van der Waals surface area contributed by atoms with Crippen LogP contribution in [0.3, 0.4) is 0 Å². The Labute approximate surface area is 121 Å². The van der Waals surface area contributed by atoms with Gasteiger partial charge in [0.15, 0.2) is 0 Å². The number of halogens is 2. The number of ether oxygens (including phenoxy) is 2. The second-order valence-corrected chi connectivity index (χ2v) is 5.31. The summed E-state index contributed by atoms with van der Waals surface area (Å²) in [6.45, 7) is 1.65. The second kappa shape index (κ2) is 14.5. The molecular formula is C12H22Br2O3. The van der Waals surface area contributed by atoms with Crippen LogP contribution in [0.25, 0.3) is 0 Å². The van der Waals surface area contributed by atoms with Crippen molar-refractivity contribution in [2.24, 2.45) is 0 Å². The number of unbranched alkanes of at least 4 members (excludes halogenated alkanes) is 3. The number of alkyl halides is 2. The summed E-state index contributed by atoms with van der Waals surface area (Å²) in [5, 5.41) is 2.00. The number of carbonyl (C=O) groups is 1. The van der Waals surface area contributed by atoms with Crippen LogP contribution in [0, 0.1) is 0 Å². The van der Waals surface area contributed by atoms with Crippen molar-refractivity contribution in [3.8, 4) is 0 Å². The van der Waals surface area contributed by atoms with Gasteiger partial charge in [0.2, 0.25) is 0 Å². The first-order chi connectivity index (χ1) is 8.31. The zero-order valence-electron chi connectivity index (χ0n) is 10.3. The highest BCUT2D eigenvalue weighted by atomic mass is 79.9. The zero-order valence-corrected chi connectivity index (χ0v) is 13.4. The van der Waals surface area contributed by atoms with E-state index in [1.807, 2.05) is 0 Å². The van der Waals surface area contributed by atoms with Gasteiger partial charge in [-0.25, -0.2) is 0 Å². The lowest BCUT2D eigenvalue weighted by molar-refractivity contribution is -0.145. The van der Waals surface area contributed by atoms with Crippen LogP contribution in [0.15, 0.2) is 0 Å². The van der Waals surface area contributed by atoms with E-state index in [9.17, 15) is 4.79 Å². The fraction of sp³-hybridized carbons (Fsp3) is 0.917.